The number of H-pyrrole nitrogens is 1. The lowest BCUT2D eigenvalue weighted by Crippen LogP contribution is -2.34. The zero-order valence-electron chi connectivity index (χ0n) is 9.47. The van der Waals surface area contributed by atoms with Crippen LogP contribution in [-0.4, -0.2) is 35.7 Å². The Kier molecular flexibility index (Phi) is 4.61. The first-order chi connectivity index (χ1) is 7.84. The minimum Gasteiger partial charge on any atom is -0.366 e. The van der Waals surface area contributed by atoms with E-state index in [1.54, 1.807) is 6.92 Å². The van der Waals surface area contributed by atoms with E-state index in [2.05, 4.69) is 9.71 Å². The fraction of sp³-hybridized carbons (Fsp3) is 0.444. The fourth-order valence-corrected chi connectivity index (χ4v) is 2.64. The van der Waals surface area contributed by atoms with Crippen LogP contribution in [0.5, 0.6) is 0 Å². The molecule has 0 aliphatic heterocycles. The van der Waals surface area contributed by atoms with Crippen molar-refractivity contribution < 1.29 is 12.6 Å². The van der Waals surface area contributed by atoms with Gasteiger partial charge in [-0.05, 0) is 6.92 Å². The average Bonchev–Trinajstić information content (AvgIpc) is 2.26. The van der Waals surface area contributed by atoms with Crippen LogP contribution in [0.1, 0.15) is 6.92 Å². The van der Waals surface area contributed by atoms with Crippen LogP contribution in [0.15, 0.2) is 28.2 Å². The number of aromatic amines is 1. The van der Waals surface area contributed by atoms with Gasteiger partial charge < -0.3 is 4.98 Å². The van der Waals surface area contributed by atoms with Gasteiger partial charge in [-0.2, -0.15) is 0 Å². The fourth-order valence-electron chi connectivity index (χ4n) is 1.03. The predicted octanol–water partition coefficient (Wildman–Crippen LogP) is -0.580. The van der Waals surface area contributed by atoms with Gasteiger partial charge in [0.1, 0.15) is 4.90 Å². The maximum Gasteiger partial charge on any atom is 0.245 e. The Morgan fingerprint density at radius 1 is 1.53 bits per heavy atom. The second kappa shape index (κ2) is 5.56. The van der Waals surface area contributed by atoms with Crippen molar-refractivity contribution in [3.05, 3.63) is 28.7 Å². The summed E-state index contributed by atoms with van der Waals surface area (Å²) in [6, 6.07) is 1.13. The van der Waals surface area contributed by atoms with E-state index in [0.29, 0.717) is 0 Å². The molecule has 1 heterocycles. The molecule has 17 heavy (non-hydrogen) atoms. The van der Waals surface area contributed by atoms with E-state index in [9.17, 15) is 17.4 Å². The molecule has 1 aromatic heterocycles. The highest BCUT2D eigenvalue weighted by Gasteiger charge is 2.19. The lowest BCUT2D eigenvalue weighted by molar-refractivity contribution is 0.579. The summed E-state index contributed by atoms with van der Waals surface area (Å²) in [5.41, 5.74) is -0.582. The summed E-state index contributed by atoms with van der Waals surface area (Å²) in [4.78, 5) is 13.5. The normalized spacial score (nSPS) is 15.4. The second-order valence-corrected chi connectivity index (χ2v) is 7.07. The number of sulfonamides is 1. The topological polar surface area (TPSA) is 96.1 Å². The largest absolute Gasteiger partial charge is 0.366 e. The molecule has 0 saturated heterocycles. The number of hydrogen-bond acceptors (Lipinski definition) is 4. The van der Waals surface area contributed by atoms with Crippen molar-refractivity contribution in [3.63, 3.8) is 0 Å². The Morgan fingerprint density at radius 3 is 2.71 bits per heavy atom. The molecule has 0 spiro atoms. The number of pyridine rings is 1. The van der Waals surface area contributed by atoms with Crippen molar-refractivity contribution >= 4 is 20.8 Å². The third-order valence-electron chi connectivity index (χ3n) is 2.21. The molecule has 0 fully saturated rings. The Balaban J connectivity index is 2.88. The van der Waals surface area contributed by atoms with Gasteiger partial charge in [0.05, 0.1) is 0 Å². The SMILES string of the molecule is CC(CNS(=O)(=O)c1c[nH]ccc1=O)S(C)=O. The van der Waals surface area contributed by atoms with Crippen molar-refractivity contribution in [2.75, 3.05) is 12.8 Å². The van der Waals surface area contributed by atoms with E-state index in [-0.39, 0.29) is 16.7 Å². The van der Waals surface area contributed by atoms with Crippen molar-refractivity contribution in [1.82, 2.24) is 9.71 Å². The molecule has 2 N–H and O–H groups in total. The first-order valence-electron chi connectivity index (χ1n) is 4.83. The Hall–Kier alpha value is -0.990. The zero-order valence-corrected chi connectivity index (χ0v) is 11.1. The van der Waals surface area contributed by atoms with Crippen molar-refractivity contribution in [1.29, 1.82) is 0 Å². The van der Waals surface area contributed by atoms with Crippen LogP contribution in [0.2, 0.25) is 0 Å². The molecule has 2 unspecified atom stereocenters. The van der Waals surface area contributed by atoms with Crippen LogP contribution in [0.4, 0.5) is 0 Å². The zero-order chi connectivity index (χ0) is 13.1. The molecule has 96 valence electrons. The second-order valence-electron chi connectivity index (χ2n) is 3.53. The summed E-state index contributed by atoms with van der Waals surface area (Å²) in [5, 5.41) is -0.312. The molecule has 1 aromatic rings. The maximum atomic E-state index is 11.7. The smallest absolute Gasteiger partial charge is 0.245 e. The predicted molar refractivity (Wildman–Crippen MR) is 65.8 cm³/mol. The summed E-state index contributed by atoms with van der Waals surface area (Å²) >= 11 is 0. The number of rotatable bonds is 5. The van der Waals surface area contributed by atoms with Crippen LogP contribution in [0, 0.1) is 0 Å². The molecule has 0 aromatic carbocycles. The number of nitrogens with one attached hydrogen (secondary N) is 2. The number of hydrogen-bond donors (Lipinski definition) is 2. The minimum atomic E-state index is -3.85. The van der Waals surface area contributed by atoms with Crippen LogP contribution in [-0.2, 0) is 20.8 Å². The van der Waals surface area contributed by atoms with Gasteiger partial charge in [0, 0.05) is 47.3 Å². The van der Waals surface area contributed by atoms with E-state index in [4.69, 9.17) is 0 Å². The van der Waals surface area contributed by atoms with E-state index in [1.165, 1.54) is 12.5 Å². The van der Waals surface area contributed by atoms with Gasteiger partial charge in [-0.25, -0.2) is 13.1 Å². The van der Waals surface area contributed by atoms with E-state index in [1.807, 2.05) is 0 Å². The van der Waals surface area contributed by atoms with Gasteiger partial charge >= 0.3 is 0 Å². The monoisotopic (exact) mass is 278 g/mol. The molecule has 6 nitrogen and oxygen atoms in total. The van der Waals surface area contributed by atoms with Gasteiger partial charge in [-0.3, -0.25) is 9.00 Å². The van der Waals surface area contributed by atoms with Gasteiger partial charge in [0.2, 0.25) is 15.5 Å². The quantitative estimate of drug-likeness (QED) is 0.753. The van der Waals surface area contributed by atoms with Crippen LogP contribution in [0.25, 0.3) is 0 Å². The van der Waals surface area contributed by atoms with Crippen molar-refractivity contribution in [3.8, 4) is 0 Å². The van der Waals surface area contributed by atoms with E-state index >= 15 is 0 Å². The third kappa shape index (κ3) is 3.76. The molecular formula is C9H14N2O4S2. The van der Waals surface area contributed by atoms with Crippen LogP contribution < -0.4 is 10.2 Å². The molecule has 2 atom stereocenters. The molecule has 8 heteroatoms. The molecule has 0 bridgehead atoms. The van der Waals surface area contributed by atoms with Gasteiger partial charge in [0.15, 0.2) is 0 Å². The summed E-state index contributed by atoms with van der Waals surface area (Å²) in [7, 11) is -4.97. The minimum absolute atomic E-state index is 0.0276. The summed E-state index contributed by atoms with van der Waals surface area (Å²) < 4.78 is 36.8. The average molecular weight is 278 g/mol. The highest BCUT2D eigenvalue weighted by molar-refractivity contribution is 7.89. The standard InChI is InChI=1S/C9H14N2O4S2/c1-7(16(2)13)5-11-17(14,15)9-6-10-4-3-8(9)12/h3-4,6-7,11H,5H2,1-2H3,(H,10,12). The Morgan fingerprint density at radius 2 is 2.18 bits per heavy atom. The number of aromatic nitrogens is 1. The third-order valence-corrected chi connectivity index (χ3v) is 4.95. The molecule has 0 amide bonds. The summed E-state index contributed by atoms with van der Waals surface area (Å²) in [6.45, 7) is 1.69. The van der Waals surface area contributed by atoms with E-state index < -0.39 is 26.3 Å². The van der Waals surface area contributed by atoms with Gasteiger partial charge in [0.25, 0.3) is 0 Å². The Bertz CT molecular complexity index is 564. The van der Waals surface area contributed by atoms with Crippen molar-refractivity contribution in [2.24, 2.45) is 0 Å². The first-order valence-corrected chi connectivity index (χ1v) is 7.94. The summed E-state index contributed by atoms with van der Waals surface area (Å²) in [5.74, 6) is 0. The van der Waals surface area contributed by atoms with Crippen molar-refractivity contribution in [2.45, 2.75) is 17.1 Å². The molecule has 0 aliphatic rings. The molecule has 1 rings (SSSR count). The highest BCUT2D eigenvalue weighted by Crippen LogP contribution is 2.00. The van der Waals surface area contributed by atoms with Gasteiger partial charge in [-0.1, -0.05) is 0 Å². The van der Waals surface area contributed by atoms with Gasteiger partial charge in [-0.15, -0.1) is 0 Å². The lowest BCUT2D eigenvalue weighted by Gasteiger charge is -2.09. The highest BCUT2D eigenvalue weighted by atomic mass is 32.2. The molecule has 0 radical (unpaired) electrons. The van der Waals surface area contributed by atoms with E-state index in [0.717, 1.165) is 12.3 Å². The summed E-state index contributed by atoms with van der Waals surface area (Å²) in [6.07, 6.45) is 3.97. The maximum absolute atomic E-state index is 11.7. The van der Waals surface area contributed by atoms with Crippen LogP contribution in [0.3, 0.4) is 0 Å². The Labute approximate surface area is 102 Å². The lowest BCUT2D eigenvalue weighted by atomic mass is 10.5. The first kappa shape index (κ1) is 14.1. The molecular weight excluding hydrogens is 264 g/mol. The van der Waals surface area contributed by atoms with Crippen LogP contribution >= 0.6 is 0 Å². The molecule has 0 saturated carbocycles. The molecule has 0 aliphatic carbocycles.